The topological polar surface area (TPSA) is 113 Å². The minimum absolute atomic E-state index is 0.150. The summed E-state index contributed by atoms with van der Waals surface area (Å²) in [5.41, 5.74) is -0.578. The molecule has 0 unspecified atom stereocenters. The average molecular weight is 315 g/mol. The molecule has 0 aliphatic carbocycles. The lowest BCUT2D eigenvalue weighted by Crippen LogP contribution is -2.15. The Hall–Kier alpha value is -3.49. The molecular formula is C14H10FN5O3. The maximum atomic E-state index is 12.8. The van der Waals surface area contributed by atoms with Crippen LogP contribution < -0.4 is 15.7 Å². The van der Waals surface area contributed by atoms with Crippen molar-refractivity contribution in [3.63, 3.8) is 0 Å². The summed E-state index contributed by atoms with van der Waals surface area (Å²) >= 11 is 0. The summed E-state index contributed by atoms with van der Waals surface area (Å²) in [6, 6.07) is 8.63. The van der Waals surface area contributed by atoms with Crippen LogP contribution in [0.3, 0.4) is 0 Å². The van der Waals surface area contributed by atoms with Crippen LogP contribution in [-0.4, -0.2) is 26.1 Å². The summed E-state index contributed by atoms with van der Waals surface area (Å²) in [5.74, 6) is 0.0172. The SMILES string of the molecule is O=C(Nc1ccc(Oc2ccc(F)cc2)cn1)c1n[nH]c(=O)[nH]1. The predicted octanol–water partition coefficient (Wildman–Crippen LogP) is 1.68. The highest BCUT2D eigenvalue weighted by Crippen LogP contribution is 2.21. The van der Waals surface area contributed by atoms with Gasteiger partial charge in [-0.2, -0.15) is 0 Å². The second-order valence-corrected chi connectivity index (χ2v) is 4.42. The molecule has 3 N–H and O–H groups in total. The molecule has 3 rings (SSSR count). The molecule has 0 radical (unpaired) electrons. The summed E-state index contributed by atoms with van der Waals surface area (Å²) in [4.78, 5) is 28.9. The predicted molar refractivity (Wildman–Crippen MR) is 77.9 cm³/mol. The van der Waals surface area contributed by atoms with Crippen LogP contribution in [-0.2, 0) is 0 Å². The Labute approximate surface area is 128 Å². The number of nitrogens with one attached hydrogen (secondary N) is 3. The second-order valence-electron chi connectivity index (χ2n) is 4.42. The van der Waals surface area contributed by atoms with Crippen molar-refractivity contribution >= 4 is 11.7 Å². The van der Waals surface area contributed by atoms with Crippen LogP contribution in [0.4, 0.5) is 10.2 Å². The first-order chi connectivity index (χ1) is 11.1. The lowest BCUT2D eigenvalue weighted by atomic mass is 10.3. The first-order valence-corrected chi connectivity index (χ1v) is 6.46. The molecule has 0 fully saturated rings. The Kier molecular flexibility index (Phi) is 3.83. The number of aromatic amines is 2. The number of nitrogens with zero attached hydrogens (tertiary/aromatic N) is 2. The van der Waals surface area contributed by atoms with Crippen molar-refractivity contribution in [2.45, 2.75) is 0 Å². The van der Waals surface area contributed by atoms with E-state index in [0.717, 1.165) is 0 Å². The molecule has 116 valence electrons. The van der Waals surface area contributed by atoms with Gasteiger partial charge in [-0.3, -0.25) is 9.78 Å². The largest absolute Gasteiger partial charge is 0.456 e. The number of rotatable bonds is 4. The van der Waals surface area contributed by atoms with Gasteiger partial charge in [0.05, 0.1) is 6.20 Å². The molecule has 3 aromatic rings. The number of benzene rings is 1. The van der Waals surface area contributed by atoms with E-state index < -0.39 is 11.6 Å². The molecule has 0 spiro atoms. The summed E-state index contributed by atoms with van der Waals surface area (Å²) in [5, 5.41) is 8.05. The molecule has 0 aliphatic heterocycles. The van der Waals surface area contributed by atoms with Crippen LogP contribution in [0.2, 0.25) is 0 Å². The fraction of sp³-hybridized carbons (Fsp3) is 0. The average Bonchev–Trinajstić information content (AvgIpc) is 2.98. The summed E-state index contributed by atoms with van der Waals surface area (Å²) < 4.78 is 18.3. The maximum absolute atomic E-state index is 12.8. The van der Waals surface area contributed by atoms with Gasteiger partial charge in [-0.1, -0.05) is 0 Å². The molecule has 8 nitrogen and oxygen atoms in total. The third-order valence-corrected chi connectivity index (χ3v) is 2.74. The van der Waals surface area contributed by atoms with Gasteiger partial charge in [-0.05, 0) is 36.4 Å². The van der Waals surface area contributed by atoms with Gasteiger partial charge in [0.15, 0.2) is 0 Å². The number of amides is 1. The van der Waals surface area contributed by atoms with Crippen LogP contribution in [0.25, 0.3) is 0 Å². The number of hydrogen-bond donors (Lipinski definition) is 3. The summed E-state index contributed by atoms with van der Waals surface area (Å²) in [7, 11) is 0. The van der Waals surface area contributed by atoms with E-state index in [-0.39, 0.29) is 17.5 Å². The fourth-order valence-electron chi connectivity index (χ4n) is 1.71. The molecule has 1 aromatic carbocycles. The number of carbonyl (C=O) groups is 1. The van der Waals surface area contributed by atoms with Crippen molar-refractivity contribution < 1.29 is 13.9 Å². The van der Waals surface area contributed by atoms with Crippen LogP contribution in [0.5, 0.6) is 11.5 Å². The number of halogens is 1. The molecule has 0 saturated heterocycles. The molecule has 0 atom stereocenters. The minimum atomic E-state index is -0.608. The van der Waals surface area contributed by atoms with Crippen LogP contribution in [0, 0.1) is 5.82 Å². The van der Waals surface area contributed by atoms with Gasteiger partial charge >= 0.3 is 5.69 Å². The number of ether oxygens (including phenoxy) is 1. The minimum Gasteiger partial charge on any atom is -0.456 e. The Balaban J connectivity index is 1.66. The molecule has 0 aliphatic rings. The number of aromatic nitrogens is 4. The second kappa shape index (κ2) is 6.10. The van der Waals surface area contributed by atoms with E-state index in [1.165, 1.54) is 36.5 Å². The zero-order valence-corrected chi connectivity index (χ0v) is 11.5. The van der Waals surface area contributed by atoms with Gasteiger partial charge in [0.1, 0.15) is 23.1 Å². The molecular weight excluding hydrogens is 305 g/mol. The third kappa shape index (κ3) is 3.59. The van der Waals surface area contributed by atoms with Gasteiger partial charge in [0.2, 0.25) is 5.82 Å². The molecule has 23 heavy (non-hydrogen) atoms. The van der Waals surface area contributed by atoms with Crippen molar-refractivity contribution in [3.8, 4) is 11.5 Å². The highest BCUT2D eigenvalue weighted by Gasteiger charge is 2.10. The van der Waals surface area contributed by atoms with Crippen LogP contribution in [0.1, 0.15) is 10.6 Å². The van der Waals surface area contributed by atoms with E-state index in [1.54, 1.807) is 6.07 Å². The first-order valence-electron chi connectivity index (χ1n) is 6.46. The maximum Gasteiger partial charge on any atom is 0.341 e. The number of anilines is 1. The van der Waals surface area contributed by atoms with Crippen molar-refractivity contribution in [2.24, 2.45) is 0 Å². The monoisotopic (exact) mass is 315 g/mol. The van der Waals surface area contributed by atoms with Crippen molar-refractivity contribution in [3.05, 3.63) is 64.7 Å². The lowest BCUT2D eigenvalue weighted by molar-refractivity contribution is 0.101. The summed E-state index contributed by atoms with van der Waals surface area (Å²) in [6.45, 7) is 0. The van der Waals surface area contributed by atoms with E-state index in [9.17, 15) is 14.0 Å². The highest BCUT2D eigenvalue weighted by atomic mass is 19.1. The zero-order valence-electron chi connectivity index (χ0n) is 11.5. The van der Waals surface area contributed by atoms with Gasteiger partial charge < -0.3 is 10.1 Å². The van der Waals surface area contributed by atoms with E-state index in [1.807, 2.05) is 0 Å². The third-order valence-electron chi connectivity index (χ3n) is 2.74. The Morgan fingerprint density at radius 2 is 1.87 bits per heavy atom. The molecule has 1 amide bonds. The van der Waals surface area contributed by atoms with Gasteiger partial charge in [0, 0.05) is 0 Å². The zero-order chi connectivity index (χ0) is 16.2. The van der Waals surface area contributed by atoms with E-state index >= 15 is 0 Å². The highest BCUT2D eigenvalue weighted by molar-refractivity contribution is 6.00. The fourth-order valence-corrected chi connectivity index (χ4v) is 1.71. The standard InChI is InChI=1S/C14H10FN5O3/c15-8-1-3-9(4-2-8)23-10-5-6-11(16-7-10)17-13(21)12-18-14(22)20-19-12/h1-7H,(H,16,17,21)(H2,18,19,20,22). The molecule has 2 heterocycles. The van der Waals surface area contributed by atoms with Crippen molar-refractivity contribution in [1.29, 1.82) is 0 Å². The Morgan fingerprint density at radius 3 is 2.48 bits per heavy atom. The molecule has 2 aromatic heterocycles. The van der Waals surface area contributed by atoms with E-state index in [2.05, 4.69) is 25.5 Å². The van der Waals surface area contributed by atoms with Crippen molar-refractivity contribution in [1.82, 2.24) is 20.2 Å². The Bertz CT molecular complexity index is 870. The molecule has 0 bridgehead atoms. The summed E-state index contributed by atoms with van der Waals surface area (Å²) in [6.07, 6.45) is 1.40. The van der Waals surface area contributed by atoms with Gasteiger partial charge in [-0.25, -0.2) is 19.3 Å². The number of hydrogen-bond acceptors (Lipinski definition) is 5. The first kappa shape index (κ1) is 14.4. The number of H-pyrrole nitrogens is 2. The van der Waals surface area contributed by atoms with Crippen LogP contribution >= 0.6 is 0 Å². The molecule has 9 heteroatoms. The number of pyridine rings is 1. The van der Waals surface area contributed by atoms with Gasteiger partial charge in [0.25, 0.3) is 5.91 Å². The number of carbonyl (C=O) groups excluding carboxylic acids is 1. The normalized spacial score (nSPS) is 10.3. The lowest BCUT2D eigenvalue weighted by Gasteiger charge is -2.06. The van der Waals surface area contributed by atoms with Crippen LogP contribution in [0.15, 0.2) is 47.4 Å². The van der Waals surface area contributed by atoms with E-state index in [0.29, 0.717) is 11.5 Å². The van der Waals surface area contributed by atoms with Gasteiger partial charge in [-0.15, -0.1) is 5.10 Å². The van der Waals surface area contributed by atoms with Crippen molar-refractivity contribution in [2.75, 3.05) is 5.32 Å². The van der Waals surface area contributed by atoms with E-state index in [4.69, 9.17) is 4.74 Å². The quantitative estimate of drug-likeness (QED) is 0.678. The Morgan fingerprint density at radius 1 is 1.13 bits per heavy atom. The molecule has 0 saturated carbocycles. The smallest absolute Gasteiger partial charge is 0.341 e.